The van der Waals surface area contributed by atoms with E-state index in [1.54, 1.807) is 19.1 Å². The molecule has 0 bridgehead atoms. The molecule has 0 aliphatic rings. The van der Waals surface area contributed by atoms with Crippen molar-refractivity contribution in [3.05, 3.63) is 24.3 Å². The van der Waals surface area contributed by atoms with E-state index in [4.69, 9.17) is 0 Å². The van der Waals surface area contributed by atoms with Crippen molar-refractivity contribution in [2.45, 2.75) is 38.1 Å². The zero-order valence-corrected chi connectivity index (χ0v) is 13.7. The molecule has 114 valence electrons. The predicted octanol–water partition coefficient (Wildman–Crippen LogP) is 2.62. The van der Waals surface area contributed by atoms with Gasteiger partial charge in [-0.2, -0.15) is 0 Å². The van der Waals surface area contributed by atoms with Crippen molar-refractivity contribution >= 4 is 15.5 Å². The molecule has 1 aromatic carbocycles. The molecule has 1 atom stereocenters. The summed E-state index contributed by atoms with van der Waals surface area (Å²) in [4.78, 5) is 2.70. The van der Waals surface area contributed by atoms with E-state index in [1.165, 1.54) is 0 Å². The van der Waals surface area contributed by atoms with E-state index in [9.17, 15) is 8.42 Å². The highest BCUT2D eigenvalue weighted by atomic mass is 32.2. The first-order valence-corrected chi connectivity index (χ1v) is 8.82. The third-order valence-electron chi connectivity index (χ3n) is 3.73. The van der Waals surface area contributed by atoms with E-state index in [-0.39, 0.29) is 5.75 Å². The quantitative estimate of drug-likeness (QED) is 0.801. The first-order chi connectivity index (χ1) is 9.40. The van der Waals surface area contributed by atoms with E-state index >= 15 is 0 Å². The van der Waals surface area contributed by atoms with Crippen LogP contribution in [0.5, 0.6) is 0 Å². The summed E-state index contributed by atoms with van der Waals surface area (Å²) in [6, 6.07) is 7.56. The molecular weight excluding hydrogens is 272 g/mol. The van der Waals surface area contributed by atoms with Crippen LogP contribution in [-0.4, -0.2) is 45.2 Å². The van der Waals surface area contributed by atoms with Crippen molar-refractivity contribution in [3.63, 3.8) is 0 Å². The summed E-state index contributed by atoms with van der Waals surface area (Å²) in [5.74, 6) is 0.138. The third-order valence-corrected chi connectivity index (χ3v) is 5.48. The monoisotopic (exact) mass is 298 g/mol. The topological polar surface area (TPSA) is 49.4 Å². The SMILES string of the molecule is CCC(C)N(C)CCNc1ccc(S(=O)(=O)CC)cc1. The molecule has 0 saturated carbocycles. The smallest absolute Gasteiger partial charge is 0.178 e. The van der Waals surface area contributed by atoms with Gasteiger partial charge < -0.3 is 10.2 Å². The molecule has 0 aromatic heterocycles. The van der Waals surface area contributed by atoms with Crippen molar-refractivity contribution in [3.8, 4) is 0 Å². The van der Waals surface area contributed by atoms with Crippen LogP contribution >= 0.6 is 0 Å². The minimum absolute atomic E-state index is 0.138. The molecule has 1 rings (SSSR count). The number of anilines is 1. The van der Waals surface area contributed by atoms with Gasteiger partial charge in [-0.3, -0.25) is 0 Å². The lowest BCUT2D eigenvalue weighted by atomic mass is 10.2. The van der Waals surface area contributed by atoms with Gasteiger partial charge in [-0.25, -0.2) is 8.42 Å². The Hall–Kier alpha value is -1.07. The summed E-state index contributed by atoms with van der Waals surface area (Å²) < 4.78 is 23.4. The van der Waals surface area contributed by atoms with Crippen LogP contribution in [0.15, 0.2) is 29.2 Å². The standard InChI is InChI=1S/C15H26N2O2S/c1-5-13(3)17(4)12-11-16-14-7-9-15(10-8-14)20(18,19)6-2/h7-10,13,16H,5-6,11-12H2,1-4H3. The van der Waals surface area contributed by atoms with Gasteiger partial charge in [-0.05, 0) is 44.7 Å². The highest BCUT2D eigenvalue weighted by molar-refractivity contribution is 7.91. The molecule has 5 heteroatoms. The fraction of sp³-hybridized carbons (Fsp3) is 0.600. The number of hydrogen-bond acceptors (Lipinski definition) is 4. The summed E-state index contributed by atoms with van der Waals surface area (Å²) in [7, 11) is -0.982. The summed E-state index contributed by atoms with van der Waals surface area (Å²) >= 11 is 0. The largest absolute Gasteiger partial charge is 0.384 e. The number of sulfone groups is 1. The highest BCUT2D eigenvalue weighted by Gasteiger charge is 2.10. The maximum Gasteiger partial charge on any atom is 0.178 e. The van der Waals surface area contributed by atoms with Crippen LogP contribution in [0.25, 0.3) is 0 Å². The molecule has 0 aliphatic heterocycles. The third kappa shape index (κ3) is 4.80. The lowest BCUT2D eigenvalue weighted by Crippen LogP contribution is -2.32. The lowest BCUT2D eigenvalue weighted by Gasteiger charge is -2.23. The number of hydrogen-bond donors (Lipinski definition) is 1. The van der Waals surface area contributed by atoms with Gasteiger partial charge in [0, 0.05) is 24.8 Å². The van der Waals surface area contributed by atoms with Crippen LogP contribution in [-0.2, 0) is 9.84 Å². The molecule has 0 fully saturated rings. The normalized spacial score (nSPS) is 13.4. The van der Waals surface area contributed by atoms with Crippen molar-refractivity contribution in [2.24, 2.45) is 0 Å². The second-order valence-corrected chi connectivity index (χ2v) is 7.37. The molecule has 1 N–H and O–H groups in total. The molecule has 0 aliphatic carbocycles. The molecule has 4 nitrogen and oxygen atoms in total. The first kappa shape index (κ1) is 17.0. The van der Waals surface area contributed by atoms with Crippen molar-refractivity contribution in [1.29, 1.82) is 0 Å². The molecule has 0 saturated heterocycles. The van der Waals surface area contributed by atoms with Crippen LogP contribution in [0, 0.1) is 0 Å². The Morgan fingerprint density at radius 1 is 1.20 bits per heavy atom. The molecule has 0 amide bonds. The van der Waals surface area contributed by atoms with Crippen LogP contribution in [0.1, 0.15) is 27.2 Å². The summed E-state index contributed by atoms with van der Waals surface area (Å²) in [5, 5.41) is 3.31. The molecule has 1 aromatic rings. The Balaban J connectivity index is 2.51. The van der Waals surface area contributed by atoms with Gasteiger partial charge in [0.25, 0.3) is 0 Å². The molecule has 0 heterocycles. The van der Waals surface area contributed by atoms with Gasteiger partial charge in [0.1, 0.15) is 0 Å². The van der Waals surface area contributed by atoms with Gasteiger partial charge in [0.2, 0.25) is 0 Å². The fourth-order valence-electron chi connectivity index (χ4n) is 1.86. The number of benzene rings is 1. The maximum atomic E-state index is 11.7. The lowest BCUT2D eigenvalue weighted by molar-refractivity contribution is 0.261. The zero-order chi connectivity index (χ0) is 15.2. The van der Waals surface area contributed by atoms with Gasteiger partial charge in [0.05, 0.1) is 10.6 Å². The minimum atomic E-state index is -3.10. The van der Waals surface area contributed by atoms with Crippen molar-refractivity contribution in [2.75, 3.05) is 31.2 Å². The summed E-state index contributed by atoms with van der Waals surface area (Å²) in [5.41, 5.74) is 0.956. The van der Waals surface area contributed by atoms with E-state index < -0.39 is 9.84 Å². The number of nitrogens with one attached hydrogen (secondary N) is 1. The second kappa shape index (κ2) is 7.64. The number of rotatable bonds is 8. The number of likely N-dealkylation sites (N-methyl/N-ethyl adjacent to an activating group) is 1. The van der Waals surface area contributed by atoms with E-state index in [1.807, 2.05) is 12.1 Å². The Bertz CT molecular complexity index is 497. The van der Waals surface area contributed by atoms with E-state index in [0.717, 1.165) is 25.2 Å². The van der Waals surface area contributed by atoms with Crippen LogP contribution < -0.4 is 5.32 Å². The van der Waals surface area contributed by atoms with Gasteiger partial charge in [-0.15, -0.1) is 0 Å². The summed E-state index contributed by atoms with van der Waals surface area (Å²) in [6.45, 7) is 7.86. The Kier molecular flexibility index (Phi) is 6.49. The molecule has 0 radical (unpaired) electrons. The van der Waals surface area contributed by atoms with E-state index in [0.29, 0.717) is 10.9 Å². The Labute approximate surface area is 123 Å². The highest BCUT2D eigenvalue weighted by Crippen LogP contribution is 2.15. The Morgan fingerprint density at radius 2 is 1.80 bits per heavy atom. The first-order valence-electron chi connectivity index (χ1n) is 7.17. The predicted molar refractivity (Wildman–Crippen MR) is 85.0 cm³/mol. The average Bonchev–Trinajstić information content (AvgIpc) is 2.46. The molecule has 1 unspecified atom stereocenters. The van der Waals surface area contributed by atoms with Crippen LogP contribution in [0.4, 0.5) is 5.69 Å². The van der Waals surface area contributed by atoms with Crippen molar-refractivity contribution in [1.82, 2.24) is 4.90 Å². The van der Waals surface area contributed by atoms with Gasteiger partial charge in [0.15, 0.2) is 9.84 Å². The second-order valence-electron chi connectivity index (χ2n) is 5.09. The van der Waals surface area contributed by atoms with Gasteiger partial charge >= 0.3 is 0 Å². The van der Waals surface area contributed by atoms with Crippen LogP contribution in [0.2, 0.25) is 0 Å². The van der Waals surface area contributed by atoms with Crippen molar-refractivity contribution < 1.29 is 8.42 Å². The molecule has 20 heavy (non-hydrogen) atoms. The zero-order valence-electron chi connectivity index (χ0n) is 12.9. The fourth-order valence-corrected chi connectivity index (χ4v) is 2.74. The molecular formula is C15H26N2O2S. The Morgan fingerprint density at radius 3 is 2.30 bits per heavy atom. The average molecular weight is 298 g/mol. The molecule has 0 spiro atoms. The van der Waals surface area contributed by atoms with E-state index in [2.05, 4.69) is 31.1 Å². The summed E-state index contributed by atoms with van der Waals surface area (Å²) in [6.07, 6.45) is 1.14. The number of nitrogens with zero attached hydrogens (tertiary/aromatic N) is 1. The maximum absolute atomic E-state index is 11.7. The van der Waals surface area contributed by atoms with Crippen LogP contribution in [0.3, 0.4) is 0 Å². The van der Waals surface area contributed by atoms with Gasteiger partial charge in [-0.1, -0.05) is 13.8 Å². The minimum Gasteiger partial charge on any atom is -0.384 e.